The standard InChI is InChI=1S/C13H21N3O/c1-3-7-15-8-10-16(11-9-15)13-12(17-2)5-4-6-14-13/h4-6H,3,7-11H2,1-2H3. The molecule has 0 aliphatic carbocycles. The van der Waals surface area contributed by atoms with Gasteiger partial charge >= 0.3 is 0 Å². The van der Waals surface area contributed by atoms with Crippen molar-refractivity contribution in [3.8, 4) is 5.75 Å². The van der Waals surface area contributed by atoms with E-state index < -0.39 is 0 Å². The third-order valence-electron chi connectivity index (χ3n) is 3.18. The lowest BCUT2D eigenvalue weighted by Gasteiger charge is -2.35. The van der Waals surface area contributed by atoms with Crippen molar-refractivity contribution in [2.45, 2.75) is 13.3 Å². The zero-order valence-electron chi connectivity index (χ0n) is 10.7. The van der Waals surface area contributed by atoms with E-state index in [0.717, 1.165) is 37.7 Å². The Labute approximate surface area is 103 Å². The molecule has 1 aliphatic rings. The first-order valence-electron chi connectivity index (χ1n) is 6.31. The van der Waals surface area contributed by atoms with Crippen LogP contribution < -0.4 is 9.64 Å². The van der Waals surface area contributed by atoms with Gasteiger partial charge in [0.25, 0.3) is 0 Å². The minimum absolute atomic E-state index is 0.872. The maximum absolute atomic E-state index is 5.36. The number of nitrogens with zero attached hydrogens (tertiary/aromatic N) is 3. The zero-order valence-corrected chi connectivity index (χ0v) is 10.7. The average molecular weight is 235 g/mol. The second-order valence-corrected chi connectivity index (χ2v) is 4.36. The summed E-state index contributed by atoms with van der Waals surface area (Å²) in [7, 11) is 1.70. The second-order valence-electron chi connectivity index (χ2n) is 4.36. The van der Waals surface area contributed by atoms with Crippen molar-refractivity contribution in [1.82, 2.24) is 9.88 Å². The van der Waals surface area contributed by atoms with Crippen LogP contribution in [0, 0.1) is 0 Å². The van der Waals surface area contributed by atoms with Gasteiger partial charge in [0, 0.05) is 32.4 Å². The Morgan fingerprint density at radius 2 is 2.06 bits per heavy atom. The van der Waals surface area contributed by atoms with Gasteiger partial charge in [-0.15, -0.1) is 0 Å². The number of hydrogen-bond acceptors (Lipinski definition) is 4. The molecular formula is C13H21N3O. The molecule has 0 spiro atoms. The highest BCUT2D eigenvalue weighted by Gasteiger charge is 2.19. The number of methoxy groups -OCH3 is 1. The quantitative estimate of drug-likeness (QED) is 0.793. The monoisotopic (exact) mass is 235 g/mol. The Morgan fingerprint density at radius 3 is 2.71 bits per heavy atom. The van der Waals surface area contributed by atoms with E-state index >= 15 is 0 Å². The van der Waals surface area contributed by atoms with Crippen molar-refractivity contribution in [2.75, 3.05) is 44.7 Å². The first-order valence-corrected chi connectivity index (χ1v) is 6.31. The van der Waals surface area contributed by atoms with E-state index in [0.29, 0.717) is 0 Å². The molecule has 0 bridgehead atoms. The molecule has 1 aromatic heterocycles. The molecule has 2 heterocycles. The van der Waals surface area contributed by atoms with Gasteiger partial charge in [-0.25, -0.2) is 4.98 Å². The van der Waals surface area contributed by atoms with Gasteiger partial charge in [0.2, 0.25) is 0 Å². The molecule has 0 atom stereocenters. The highest BCUT2D eigenvalue weighted by molar-refractivity contribution is 5.52. The minimum atomic E-state index is 0.872. The molecule has 1 aliphatic heterocycles. The fraction of sp³-hybridized carbons (Fsp3) is 0.615. The summed E-state index contributed by atoms with van der Waals surface area (Å²) in [5, 5.41) is 0. The lowest BCUT2D eigenvalue weighted by molar-refractivity contribution is 0.257. The molecule has 0 unspecified atom stereocenters. The minimum Gasteiger partial charge on any atom is -0.493 e. The predicted molar refractivity (Wildman–Crippen MR) is 69.7 cm³/mol. The van der Waals surface area contributed by atoms with Crippen LogP contribution in [-0.2, 0) is 0 Å². The van der Waals surface area contributed by atoms with Crippen molar-refractivity contribution >= 4 is 5.82 Å². The predicted octanol–water partition coefficient (Wildman–Crippen LogP) is 1.62. The Bertz CT molecular complexity index is 348. The highest BCUT2D eigenvalue weighted by Crippen LogP contribution is 2.25. The summed E-state index contributed by atoms with van der Waals surface area (Å²) < 4.78 is 5.36. The number of piperazine rings is 1. The third-order valence-corrected chi connectivity index (χ3v) is 3.18. The van der Waals surface area contributed by atoms with Crippen LogP contribution in [0.2, 0.25) is 0 Å². The number of rotatable bonds is 4. The van der Waals surface area contributed by atoms with E-state index in [9.17, 15) is 0 Å². The summed E-state index contributed by atoms with van der Waals surface area (Å²) in [4.78, 5) is 9.24. The fourth-order valence-electron chi connectivity index (χ4n) is 2.28. The molecule has 1 saturated heterocycles. The molecule has 0 radical (unpaired) electrons. The Balaban J connectivity index is 2.00. The van der Waals surface area contributed by atoms with E-state index in [4.69, 9.17) is 4.74 Å². The largest absolute Gasteiger partial charge is 0.493 e. The summed E-state index contributed by atoms with van der Waals surface area (Å²) in [5.41, 5.74) is 0. The lowest BCUT2D eigenvalue weighted by atomic mass is 10.3. The van der Waals surface area contributed by atoms with Crippen molar-refractivity contribution < 1.29 is 4.74 Å². The normalized spacial score (nSPS) is 17.2. The summed E-state index contributed by atoms with van der Waals surface area (Å²) in [6.07, 6.45) is 3.06. The average Bonchev–Trinajstić information content (AvgIpc) is 2.40. The SMILES string of the molecule is CCCN1CCN(c2ncccc2OC)CC1. The number of pyridine rings is 1. The van der Waals surface area contributed by atoms with Crippen LogP contribution in [0.3, 0.4) is 0 Å². The van der Waals surface area contributed by atoms with Crippen LogP contribution in [0.5, 0.6) is 5.75 Å². The van der Waals surface area contributed by atoms with E-state index in [1.165, 1.54) is 13.0 Å². The van der Waals surface area contributed by atoms with Crippen molar-refractivity contribution in [2.24, 2.45) is 0 Å². The summed E-state index contributed by atoms with van der Waals surface area (Å²) in [6, 6.07) is 3.89. The molecule has 4 heteroatoms. The molecule has 1 aromatic rings. The van der Waals surface area contributed by atoms with Crippen LogP contribution in [0.4, 0.5) is 5.82 Å². The maximum Gasteiger partial charge on any atom is 0.171 e. The number of ether oxygens (including phenoxy) is 1. The van der Waals surface area contributed by atoms with E-state index in [-0.39, 0.29) is 0 Å². The fourth-order valence-corrected chi connectivity index (χ4v) is 2.28. The topological polar surface area (TPSA) is 28.6 Å². The van der Waals surface area contributed by atoms with Gasteiger partial charge < -0.3 is 9.64 Å². The molecule has 17 heavy (non-hydrogen) atoms. The van der Waals surface area contributed by atoms with Crippen LogP contribution >= 0.6 is 0 Å². The molecule has 94 valence electrons. The number of hydrogen-bond donors (Lipinski definition) is 0. The van der Waals surface area contributed by atoms with Gasteiger partial charge in [-0.3, -0.25) is 4.90 Å². The second kappa shape index (κ2) is 5.87. The molecule has 0 saturated carbocycles. The highest BCUT2D eigenvalue weighted by atomic mass is 16.5. The Kier molecular flexibility index (Phi) is 4.20. The molecule has 2 rings (SSSR count). The number of anilines is 1. The molecule has 0 N–H and O–H groups in total. The maximum atomic E-state index is 5.36. The summed E-state index contributed by atoms with van der Waals surface area (Å²) in [6.45, 7) is 7.74. The van der Waals surface area contributed by atoms with E-state index in [2.05, 4.69) is 21.7 Å². The van der Waals surface area contributed by atoms with Gasteiger partial charge in [0.05, 0.1) is 7.11 Å². The van der Waals surface area contributed by atoms with Gasteiger partial charge in [0.1, 0.15) is 0 Å². The smallest absolute Gasteiger partial charge is 0.171 e. The van der Waals surface area contributed by atoms with E-state index in [1.807, 2.05) is 18.3 Å². The molecule has 0 amide bonds. The van der Waals surface area contributed by atoms with Gasteiger partial charge in [-0.2, -0.15) is 0 Å². The number of aromatic nitrogens is 1. The van der Waals surface area contributed by atoms with Crippen molar-refractivity contribution in [3.63, 3.8) is 0 Å². The van der Waals surface area contributed by atoms with Crippen molar-refractivity contribution in [1.29, 1.82) is 0 Å². The van der Waals surface area contributed by atoms with Crippen LogP contribution in [0.25, 0.3) is 0 Å². The Hall–Kier alpha value is -1.29. The van der Waals surface area contributed by atoms with Gasteiger partial charge in [-0.1, -0.05) is 6.92 Å². The van der Waals surface area contributed by atoms with E-state index in [1.54, 1.807) is 7.11 Å². The summed E-state index contributed by atoms with van der Waals surface area (Å²) in [5.74, 6) is 1.85. The van der Waals surface area contributed by atoms with Crippen LogP contribution in [0.15, 0.2) is 18.3 Å². The lowest BCUT2D eigenvalue weighted by Crippen LogP contribution is -2.46. The zero-order chi connectivity index (χ0) is 12.1. The molecule has 0 aromatic carbocycles. The first kappa shape index (κ1) is 12.2. The van der Waals surface area contributed by atoms with Crippen LogP contribution in [-0.4, -0.2) is 49.7 Å². The first-order chi connectivity index (χ1) is 8.35. The molecular weight excluding hydrogens is 214 g/mol. The summed E-state index contributed by atoms with van der Waals surface area (Å²) >= 11 is 0. The third kappa shape index (κ3) is 2.88. The van der Waals surface area contributed by atoms with Gasteiger partial charge in [0.15, 0.2) is 11.6 Å². The van der Waals surface area contributed by atoms with Gasteiger partial charge in [-0.05, 0) is 25.1 Å². The van der Waals surface area contributed by atoms with Crippen molar-refractivity contribution in [3.05, 3.63) is 18.3 Å². The molecule has 1 fully saturated rings. The van der Waals surface area contributed by atoms with Crippen LogP contribution in [0.1, 0.15) is 13.3 Å². The Morgan fingerprint density at radius 1 is 1.29 bits per heavy atom. The molecule has 4 nitrogen and oxygen atoms in total.